The van der Waals surface area contributed by atoms with Gasteiger partial charge < -0.3 is 8.92 Å². The molecule has 0 spiro atoms. The summed E-state index contributed by atoms with van der Waals surface area (Å²) in [6, 6.07) is 3.28. The number of rotatable bonds is 7. The van der Waals surface area contributed by atoms with Crippen LogP contribution in [0.3, 0.4) is 0 Å². The van der Waals surface area contributed by atoms with E-state index in [2.05, 4.69) is 4.18 Å². The molecule has 0 saturated heterocycles. The minimum Gasteiger partial charge on any atom is -0.490 e. The lowest BCUT2D eigenvalue weighted by atomic mass is 10.0. The highest BCUT2D eigenvalue weighted by Gasteiger charge is 2.86. The van der Waals surface area contributed by atoms with Crippen LogP contribution in [0.25, 0.3) is 0 Å². The molecule has 0 fully saturated rings. The second-order valence-electron chi connectivity index (χ2n) is 6.91. The average molecular weight is 540 g/mol. The summed E-state index contributed by atoms with van der Waals surface area (Å²) in [5, 5.41) is -6.98. The molecule has 0 bridgehead atoms. The molecule has 0 saturated carbocycles. The third-order valence-electron chi connectivity index (χ3n) is 4.45. The van der Waals surface area contributed by atoms with Gasteiger partial charge in [0.05, 0.1) is 5.56 Å². The van der Waals surface area contributed by atoms with E-state index in [1.165, 1.54) is 0 Å². The van der Waals surface area contributed by atoms with Crippen molar-refractivity contribution in [2.24, 2.45) is 0 Å². The van der Waals surface area contributed by atoms with Gasteiger partial charge in [0.15, 0.2) is 0 Å². The molecule has 0 amide bonds. The Labute approximate surface area is 183 Å². The van der Waals surface area contributed by atoms with E-state index in [-0.39, 0.29) is 18.6 Å². The van der Waals surface area contributed by atoms with Crippen LogP contribution >= 0.6 is 0 Å². The first-order valence-corrected chi connectivity index (χ1v) is 10.2. The zero-order chi connectivity index (χ0) is 26.4. The van der Waals surface area contributed by atoms with Crippen LogP contribution in [0.5, 0.6) is 5.75 Å². The summed E-state index contributed by atoms with van der Waals surface area (Å²) in [4.78, 5) is 0. The van der Waals surface area contributed by atoms with Crippen molar-refractivity contribution in [3.05, 3.63) is 41.7 Å². The predicted octanol–water partition coefficient (Wildman–Crippen LogP) is 6.29. The number of alkyl halides is 12. The molecule has 194 valence electrons. The minimum atomic E-state index is -7.42. The largest absolute Gasteiger partial charge is 0.490 e. The van der Waals surface area contributed by atoms with Crippen LogP contribution in [0.15, 0.2) is 36.1 Å². The third kappa shape index (κ3) is 5.17. The SMILES string of the molecule is O=S(=O)(OC1=CCC(Oc2ccc(C(F)(F)F)cc2)CC1)C(F)(F)C(F)(F)C(F)(F)C(F)(F)F. The zero-order valence-electron chi connectivity index (χ0n) is 16.2. The van der Waals surface area contributed by atoms with E-state index in [1.807, 2.05) is 0 Å². The van der Waals surface area contributed by atoms with Crippen LogP contribution in [-0.2, 0) is 20.5 Å². The van der Waals surface area contributed by atoms with Crippen molar-refractivity contribution < 1.29 is 70.0 Å². The smallest absolute Gasteiger partial charge is 0.460 e. The minimum absolute atomic E-state index is 0.0658. The fourth-order valence-corrected chi connectivity index (χ4v) is 3.57. The van der Waals surface area contributed by atoms with Crippen molar-refractivity contribution in [1.82, 2.24) is 0 Å². The van der Waals surface area contributed by atoms with Gasteiger partial charge in [0.1, 0.15) is 17.6 Å². The maximum Gasteiger partial charge on any atom is 0.460 e. The van der Waals surface area contributed by atoms with Crippen LogP contribution < -0.4 is 4.74 Å². The number of allylic oxidation sites excluding steroid dienone is 1. The van der Waals surface area contributed by atoms with Gasteiger partial charge in [-0.1, -0.05) is 0 Å². The van der Waals surface area contributed by atoms with Crippen LogP contribution in [0.4, 0.5) is 52.7 Å². The Morgan fingerprint density at radius 3 is 1.74 bits per heavy atom. The first-order chi connectivity index (χ1) is 15.1. The molecule has 1 unspecified atom stereocenters. The van der Waals surface area contributed by atoms with Crippen LogP contribution in [0, 0.1) is 0 Å². The monoisotopic (exact) mass is 540 g/mol. The van der Waals surface area contributed by atoms with Crippen molar-refractivity contribution in [3.63, 3.8) is 0 Å². The number of hydrogen-bond acceptors (Lipinski definition) is 4. The van der Waals surface area contributed by atoms with E-state index in [0.717, 1.165) is 12.1 Å². The Bertz CT molecular complexity index is 1010. The Kier molecular flexibility index (Phi) is 7.15. The second kappa shape index (κ2) is 8.71. The third-order valence-corrected chi connectivity index (χ3v) is 5.77. The molecule has 1 aliphatic rings. The molecular formula is C17H12F12O4S. The summed E-state index contributed by atoms with van der Waals surface area (Å²) in [7, 11) is -7.03. The molecule has 1 aromatic rings. The lowest BCUT2D eigenvalue weighted by Crippen LogP contribution is -2.63. The van der Waals surface area contributed by atoms with Crippen molar-refractivity contribution in [2.45, 2.75) is 54.8 Å². The summed E-state index contributed by atoms with van der Waals surface area (Å²) in [6.45, 7) is 0. The number of halogens is 12. The van der Waals surface area contributed by atoms with Gasteiger partial charge in [-0.05, 0) is 36.8 Å². The quantitative estimate of drug-likeness (QED) is 0.301. The highest BCUT2D eigenvalue weighted by atomic mass is 32.2. The molecule has 0 aromatic heterocycles. The molecule has 0 heterocycles. The molecule has 34 heavy (non-hydrogen) atoms. The first kappa shape index (κ1) is 27.9. The van der Waals surface area contributed by atoms with Gasteiger partial charge >= 0.3 is 39.6 Å². The van der Waals surface area contributed by atoms with Gasteiger partial charge in [0.2, 0.25) is 0 Å². The lowest BCUT2D eigenvalue weighted by molar-refractivity contribution is -0.382. The lowest BCUT2D eigenvalue weighted by Gasteiger charge is -2.33. The Morgan fingerprint density at radius 1 is 0.794 bits per heavy atom. The summed E-state index contributed by atoms with van der Waals surface area (Å²) in [6.07, 6.45) is -13.2. The van der Waals surface area contributed by atoms with Gasteiger partial charge in [0.25, 0.3) is 0 Å². The summed E-state index contributed by atoms with van der Waals surface area (Å²) in [5.74, 6) is -15.9. The maximum absolute atomic E-state index is 13.7. The number of ether oxygens (including phenoxy) is 1. The Morgan fingerprint density at radius 2 is 1.32 bits per heavy atom. The summed E-state index contributed by atoms with van der Waals surface area (Å²) in [5.41, 5.74) is -0.988. The van der Waals surface area contributed by atoms with E-state index in [4.69, 9.17) is 4.74 Å². The average Bonchev–Trinajstić information content (AvgIpc) is 2.67. The van der Waals surface area contributed by atoms with E-state index in [9.17, 15) is 61.1 Å². The fraction of sp³-hybridized carbons (Fsp3) is 0.529. The van der Waals surface area contributed by atoms with E-state index in [0.29, 0.717) is 18.2 Å². The maximum atomic E-state index is 13.7. The number of benzene rings is 1. The van der Waals surface area contributed by atoms with Crippen LogP contribution in [-0.4, -0.2) is 37.8 Å². The van der Waals surface area contributed by atoms with Crippen LogP contribution in [0.2, 0.25) is 0 Å². The molecule has 0 radical (unpaired) electrons. The normalized spacial score (nSPS) is 18.9. The van der Waals surface area contributed by atoms with E-state index >= 15 is 0 Å². The highest BCUT2D eigenvalue weighted by Crippen LogP contribution is 2.55. The van der Waals surface area contributed by atoms with Gasteiger partial charge in [-0.15, -0.1) is 0 Å². The van der Waals surface area contributed by atoms with E-state index < -0.39 is 63.4 Å². The molecule has 17 heteroatoms. The van der Waals surface area contributed by atoms with Crippen molar-refractivity contribution in [2.75, 3.05) is 0 Å². The van der Waals surface area contributed by atoms with Gasteiger partial charge in [-0.3, -0.25) is 0 Å². The molecular weight excluding hydrogens is 528 g/mol. The standard InChI is InChI=1S/C17H12F12O4S/c18-13(19,20)9-1-3-10(4-2-9)32-11-5-7-12(8-6-11)33-34(30,31)17(28,29)15(23,24)14(21,22)16(25,26)27/h1-4,7,11H,5-6,8H2. The topological polar surface area (TPSA) is 52.6 Å². The first-order valence-electron chi connectivity index (χ1n) is 8.80. The zero-order valence-corrected chi connectivity index (χ0v) is 17.0. The molecule has 0 N–H and O–H groups in total. The fourth-order valence-electron chi connectivity index (χ4n) is 2.59. The van der Waals surface area contributed by atoms with Gasteiger partial charge in [-0.25, -0.2) is 0 Å². The molecule has 2 rings (SSSR count). The predicted molar refractivity (Wildman–Crippen MR) is 88.7 cm³/mol. The Balaban J connectivity index is 2.11. The van der Waals surface area contributed by atoms with E-state index in [1.54, 1.807) is 0 Å². The van der Waals surface area contributed by atoms with Gasteiger partial charge in [0, 0.05) is 12.8 Å². The molecule has 1 aromatic carbocycles. The molecule has 4 nitrogen and oxygen atoms in total. The number of hydrogen-bond donors (Lipinski definition) is 0. The summed E-state index contributed by atoms with van der Waals surface area (Å²) >= 11 is 0. The van der Waals surface area contributed by atoms with Crippen molar-refractivity contribution >= 4 is 10.1 Å². The highest BCUT2D eigenvalue weighted by molar-refractivity contribution is 7.88. The van der Waals surface area contributed by atoms with Crippen LogP contribution in [0.1, 0.15) is 24.8 Å². The molecule has 1 atom stereocenters. The van der Waals surface area contributed by atoms with Crippen molar-refractivity contribution in [1.29, 1.82) is 0 Å². The molecule has 0 aliphatic heterocycles. The summed E-state index contributed by atoms with van der Waals surface area (Å²) < 4.78 is 186. The van der Waals surface area contributed by atoms with Gasteiger partial charge in [-0.2, -0.15) is 61.1 Å². The van der Waals surface area contributed by atoms with Crippen molar-refractivity contribution in [3.8, 4) is 5.75 Å². The Hall–Kier alpha value is -2.33. The second-order valence-corrected chi connectivity index (χ2v) is 8.50. The molecule has 1 aliphatic carbocycles.